The van der Waals surface area contributed by atoms with Crippen LogP contribution < -0.4 is 4.74 Å². The van der Waals surface area contributed by atoms with Crippen LogP contribution in [0.25, 0.3) is 11.0 Å². The number of rotatable bonds is 5. The van der Waals surface area contributed by atoms with Gasteiger partial charge in [-0.1, -0.05) is 23.7 Å². The zero-order valence-electron chi connectivity index (χ0n) is 17.8. The van der Waals surface area contributed by atoms with E-state index in [2.05, 4.69) is 4.98 Å². The van der Waals surface area contributed by atoms with Gasteiger partial charge in [0.2, 0.25) is 5.91 Å². The lowest BCUT2D eigenvalue weighted by atomic mass is 10.1. The van der Waals surface area contributed by atoms with E-state index in [-0.39, 0.29) is 11.8 Å². The van der Waals surface area contributed by atoms with Gasteiger partial charge in [0.1, 0.15) is 17.6 Å². The lowest BCUT2D eigenvalue weighted by molar-refractivity contribution is -0.134. The summed E-state index contributed by atoms with van der Waals surface area (Å²) >= 11 is 6.10. The smallest absolute Gasteiger partial charge is 0.258 e. The Hall–Kier alpha value is -3.06. The average Bonchev–Trinajstić information content (AvgIpc) is 3.38. The molecule has 1 unspecified atom stereocenters. The van der Waals surface area contributed by atoms with Gasteiger partial charge in [-0.15, -0.1) is 0 Å². The number of ether oxygens (including phenoxy) is 1. The van der Waals surface area contributed by atoms with Crippen molar-refractivity contribution in [1.29, 1.82) is 0 Å². The number of imidazole rings is 1. The summed E-state index contributed by atoms with van der Waals surface area (Å²) in [5, 5.41) is 0.449. The van der Waals surface area contributed by atoms with Gasteiger partial charge in [0.15, 0.2) is 0 Å². The molecule has 8 heteroatoms. The minimum atomic E-state index is -0.518. The molecule has 1 aliphatic rings. The number of likely N-dealkylation sites (N-methyl/N-ethyl adjacent to an activating group) is 1. The molecular formula is C23H25ClN4O3. The summed E-state index contributed by atoms with van der Waals surface area (Å²) in [5.74, 6) is 0.898. The van der Waals surface area contributed by atoms with Crippen molar-refractivity contribution < 1.29 is 14.3 Å². The summed E-state index contributed by atoms with van der Waals surface area (Å²) in [6, 6.07) is 12.3. The van der Waals surface area contributed by atoms with Gasteiger partial charge in [0.05, 0.1) is 30.3 Å². The number of benzene rings is 2. The molecule has 3 aromatic rings. The number of carbonyl (C=O) groups is 2. The fourth-order valence-corrected chi connectivity index (χ4v) is 4.32. The summed E-state index contributed by atoms with van der Waals surface area (Å²) in [5.41, 5.74) is 2.28. The predicted molar refractivity (Wildman–Crippen MR) is 119 cm³/mol. The number of carbonyl (C=O) groups excluding carboxylic acids is 2. The summed E-state index contributed by atoms with van der Waals surface area (Å²) < 4.78 is 7.33. The molecule has 1 atom stereocenters. The van der Waals surface area contributed by atoms with Gasteiger partial charge >= 0.3 is 0 Å². The number of aryl methyl sites for hydroxylation is 1. The number of para-hydroxylation sites is 2. The predicted octanol–water partition coefficient (Wildman–Crippen LogP) is 3.50. The first-order valence-corrected chi connectivity index (χ1v) is 10.6. The van der Waals surface area contributed by atoms with Crippen molar-refractivity contribution in [2.75, 3.05) is 20.7 Å². The van der Waals surface area contributed by atoms with Crippen LogP contribution >= 0.6 is 11.6 Å². The number of hydrogen-bond acceptors (Lipinski definition) is 4. The largest absolute Gasteiger partial charge is 0.496 e. The molecule has 4 rings (SSSR count). The SMILES string of the molecule is COc1ccc(Cl)cc1C(=O)N1CCCC1C(=O)N(C)Cc1nc2ccccc2n1C. The van der Waals surface area contributed by atoms with Gasteiger partial charge < -0.3 is 19.1 Å². The van der Waals surface area contributed by atoms with Crippen molar-refractivity contribution >= 4 is 34.4 Å². The lowest BCUT2D eigenvalue weighted by Gasteiger charge is -2.28. The van der Waals surface area contributed by atoms with Crippen molar-refractivity contribution in [3.05, 3.63) is 58.9 Å². The van der Waals surface area contributed by atoms with Crippen molar-refractivity contribution in [1.82, 2.24) is 19.4 Å². The first kappa shape index (κ1) is 21.2. The molecule has 0 aliphatic carbocycles. The van der Waals surface area contributed by atoms with E-state index in [0.29, 0.717) is 35.8 Å². The minimum absolute atomic E-state index is 0.0982. The van der Waals surface area contributed by atoms with Crippen LogP contribution in [0.15, 0.2) is 42.5 Å². The number of fused-ring (bicyclic) bond motifs is 1. The molecule has 1 fully saturated rings. The van der Waals surface area contributed by atoms with Crippen LogP contribution in [0.1, 0.15) is 29.0 Å². The Morgan fingerprint density at radius 1 is 1.26 bits per heavy atom. The van der Waals surface area contributed by atoms with Gasteiger partial charge in [-0.3, -0.25) is 9.59 Å². The highest BCUT2D eigenvalue weighted by atomic mass is 35.5. The minimum Gasteiger partial charge on any atom is -0.496 e. The van der Waals surface area contributed by atoms with E-state index in [9.17, 15) is 9.59 Å². The highest BCUT2D eigenvalue weighted by molar-refractivity contribution is 6.31. The highest BCUT2D eigenvalue weighted by Gasteiger charge is 2.37. The second kappa shape index (κ2) is 8.59. The third kappa shape index (κ3) is 3.97. The quantitative estimate of drug-likeness (QED) is 0.609. The van der Waals surface area contributed by atoms with E-state index in [0.717, 1.165) is 23.3 Å². The Bertz CT molecular complexity index is 1140. The standard InChI is InChI=1S/C23H25ClN4O3/c1-26(14-21-25-17-7-4-5-8-18(17)27(21)2)23(30)19-9-6-12-28(19)22(29)16-13-15(24)10-11-20(16)31-3/h4-5,7-8,10-11,13,19H,6,9,12,14H2,1-3H3. The van der Waals surface area contributed by atoms with Crippen molar-refractivity contribution in [3.8, 4) is 5.75 Å². The normalized spacial score (nSPS) is 16.0. The third-order valence-electron chi connectivity index (χ3n) is 5.83. The van der Waals surface area contributed by atoms with Crippen LogP contribution in [0.3, 0.4) is 0 Å². The topological polar surface area (TPSA) is 67.7 Å². The van der Waals surface area contributed by atoms with Gasteiger partial charge in [0, 0.05) is 25.7 Å². The van der Waals surface area contributed by atoms with E-state index >= 15 is 0 Å². The van der Waals surface area contributed by atoms with Crippen LogP contribution in [0.2, 0.25) is 5.02 Å². The number of hydrogen-bond donors (Lipinski definition) is 0. The van der Waals surface area contributed by atoms with E-state index in [1.54, 1.807) is 35.0 Å². The third-order valence-corrected chi connectivity index (χ3v) is 6.06. The average molecular weight is 441 g/mol. The number of halogens is 1. The molecule has 0 N–H and O–H groups in total. The van der Waals surface area contributed by atoms with Gasteiger partial charge in [-0.25, -0.2) is 4.98 Å². The molecular weight excluding hydrogens is 416 g/mol. The molecule has 2 heterocycles. The number of nitrogens with zero attached hydrogens (tertiary/aromatic N) is 4. The fourth-order valence-electron chi connectivity index (χ4n) is 4.15. The molecule has 0 spiro atoms. The summed E-state index contributed by atoms with van der Waals surface area (Å²) in [4.78, 5) is 34.5. The number of likely N-dealkylation sites (tertiary alicyclic amines) is 1. The molecule has 2 aromatic carbocycles. The van der Waals surface area contributed by atoms with E-state index in [1.165, 1.54) is 7.11 Å². The first-order valence-electron chi connectivity index (χ1n) is 10.2. The maximum Gasteiger partial charge on any atom is 0.258 e. The van der Waals surface area contributed by atoms with Crippen LogP contribution in [0.5, 0.6) is 5.75 Å². The highest BCUT2D eigenvalue weighted by Crippen LogP contribution is 2.28. The maximum atomic E-state index is 13.3. The second-order valence-corrected chi connectivity index (χ2v) is 8.21. The fraction of sp³-hybridized carbons (Fsp3) is 0.348. The molecule has 1 aromatic heterocycles. The zero-order valence-corrected chi connectivity index (χ0v) is 18.6. The molecule has 0 saturated carbocycles. The summed E-state index contributed by atoms with van der Waals surface area (Å²) in [6.45, 7) is 0.883. The van der Waals surface area contributed by atoms with Crippen molar-refractivity contribution in [2.24, 2.45) is 7.05 Å². The molecule has 7 nitrogen and oxygen atoms in total. The Balaban J connectivity index is 1.54. The van der Waals surface area contributed by atoms with E-state index in [1.807, 2.05) is 35.9 Å². The molecule has 162 valence electrons. The van der Waals surface area contributed by atoms with E-state index in [4.69, 9.17) is 16.3 Å². The molecule has 1 saturated heterocycles. The van der Waals surface area contributed by atoms with Gasteiger partial charge in [-0.2, -0.15) is 0 Å². The summed E-state index contributed by atoms with van der Waals surface area (Å²) in [6.07, 6.45) is 1.39. The van der Waals surface area contributed by atoms with Crippen LogP contribution in [-0.4, -0.2) is 57.9 Å². The number of amides is 2. The molecule has 1 aliphatic heterocycles. The zero-order chi connectivity index (χ0) is 22.1. The Kier molecular flexibility index (Phi) is 5.87. The van der Waals surface area contributed by atoms with Crippen LogP contribution in [0.4, 0.5) is 0 Å². The molecule has 2 amide bonds. The number of methoxy groups -OCH3 is 1. The first-order chi connectivity index (χ1) is 14.9. The maximum absolute atomic E-state index is 13.3. The molecule has 31 heavy (non-hydrogen) atoms. The van der Waals surface area contributed by atoms with Crippen molar-refractivity contribution in [2.45, 2.75) is 25.4 Å². The van der Waals surface area contributed by atoms with Crippen LogP contribution in [0, 0.1) is 0 Å². The van der Waals surface area contributed by atoms with Crippen molar-refractivity contribution in [3.63, 3.8) is 0 Å². The van der Waals surface area contributed by atoms with Gasteiger partial charge in [0.25, 0.3) is 5.91 Å². The molecule has 0 bridgehead atoms. The lowest BCUT2D eigenvalue weighted by Crippen LogP contribution is -2.46. The Morgan fingerprint density at radius 2 is 2.03 bits per heavy atom. The summed E-state index contributed by atoms with van der Waals surface area (Å²) in [7, 11) is 5.21. The number of aromatic nitrogens is 2. The molecule has 0 radical (unpaired) electrons. The van der Waals surface area contributed by atoms with E-state index < -0.39 is 6.04 Å². The monoisotopic (exact) mass is 440 g/mol. The van der Waals surface area contributed by atoms with Gasteiger partial charge in [-0.05, 0) is 43.2 Å². The second-order valence-electron chi connectivity index (χ2n) is 7.77. The van der Waals surface area contributed by atoms with Crippen LogP contribution in [-0.2, 0) is 18.4 Å². The Labute approximate surface area is 186 Å². The Morgan fingerprint density at radius 3 is 2.77 bits per heavy atom.